The zero-order chi connectivity index (χ0) is 15.3. The third kappa shape index (κ3) is 5.36. The van der Waals surface area contributed by atoms with E-state index in [4.69, 9.17) is 0 Å². The van der Waals surface area contributed by atoms with Crippen molar-refractivity contribution in [2.75, 3.05) is 18.8 Å². The number of rotatable bonds is 7. The van der Waals surface area contributed by atoms with Crippen molar-refractivity contribution in [1.82, 2.24) is 5.32 Å². The number of aliphatic hydroxyl groups excluding tert-OH is 1. The van der Waals surface area contributed by atoms with Crippen molar-refractivity contribution in [2.24, 2.45) is 11.8 Å². The Morgan fingerprint density at radius 1 is 1.38 bits per heavy atom. The van der Waals surface area contributed by atoms with E-state index in [2.05, 4.69) is 12.2 Å². The molecule has 1 saturated carbocycles. The zero-order valence-corrected chi connectivity index (χ0v) is 14.1. The second-order valence-electron chi connectivity index (χ2n) is 6.15. The molecule has 0 amide bonds. The molecule has 4 nitrogen and oxygen atoms in total. The molecule has 1 aromatic rings. The summed E-state index contributed by atoms with van der Waals surface area (Å²) >= 11 is 1.20. The topological polar surface area (TPSA) is 66.4 Å². The summed E-state index contributed by atoms with van der Waals surface area (Å²) in [7, 11) is -3.35. The second kappa shape index (κ2) is 7.72. The number of hydrogen-bond acceptors (Lipinski definition) is 5. The number of thiophene rings is 1. The van der Waals surface area contributed by atoms with E-state index in [-0.39, 0.29) is 5.75 Å². The molecule has 1 unspecified atom stereocenters. The Morgan fingerprint density at radius 2 is 2.10 bits per heavy atom. The summed E-state index contributed by atoms with van der Waals surface area (Å²) in [5, 5.41) is 14.9. The van der Waals surface area contributed by atoms with Crippen LogP contribution in [0.1, 0.15) is 32.6 Å². The Labute approximate surface area is 131 Å². The quantitative estimate of drug-likeness (QED) is 0.804. The standard InChI is InChI=1S/C15H25NO3S2/c1-12-4-6-13(7-5-12)9-16-10-14(17)11-21(18,19)15-3-2-8-20-15/h2-3,8,12-14,16-17H,4-7,9-11H2,1H3. The van der Waals surface area contributed by atoms with Gasteiger partial charge in [-0.2, -0.15) is 0 Å². The molecule has 21 heavy (non-hydrogen) atoms. The smallest absolute Gasteiger partial charge is 0.190 e. The van der Waals surface area contributed by atoms with Gasteiger partial charge in [-0.05, 0) is 42.7 Å². The molecule has 1 aromatic heterocycles. The van der Waals surface area contributed by atoms with Crippen molar-refractivity contribution in [3.05, 3.63) is 17.5 Å². The predicted octanol–water partition coefficient (Wildman–Crippen LogP) is 2.30. The highest BCUT2D eigenvalue weighted by Crippen LogP contribution is 2.27. The molecule has 1 atom stereocenters. The van der Waals surface area contributed by atoms with Gasteiger partial charge in [-0.1, -0.05) is 25.8 Å². The van der Waals surface area contributed by atoms with Gasteiger partial charge in [0.05, 0.1) is 11.9 Å². The van der Waals surface area contributed by atoms with Gasteiger partial charge < -0.3 is 10.4 Å². The summed E-state index contributed by atoms with van der Waals surface area (Å²) in [4.78, 5) is 0. The molecule has 1 fully saturated rings. The highest BCUT2D eigenvalue weighted by atomic mass is 32.2. The highest BCUT2D eigenvalue weighted by molar-refractivity contribution is 7.93. The molecular weight excluding hydrogens is 306 g/mol. The third-order valence-electron chi connectivity index (χ3n) is 4.16. The lowest BCUT2D eigenvalue weighted by atomic mass is 9.83. The lowest BCUT2D eigenvalue weighted by molar-refractivity contribution is 0.187. The van der Waals surface area contributed by atoms with Crippen LogP contribution in [0.2, 0.25) is 0 Å². The first-order valence-corrected chi connectivity index (χ1v) is 10.2. The van der Waals surface area contributed by atoms with Crippen molar-refractivity contribution in [3.63, 3.8) is 0 Å². The Morgan fingerprint density at radius 3 is 2.71 bits per heavy atom. The maximum atomic E-state index is 12.0. The molecule has 2 N–H and O–H groups in total. The SMILES string of the molecule is CC1CCC(CNCC(O)CS(=O)(=O)c2cccs2)CC1. The van der Waals surface area contributed by atoms with Gasteiger partial charge in [-0.3, -0.25) is 0 Å². The first-order valence-electron chi connectivity index (χ1n) is 7.62. The van der Waals surface area contributed by atoms with E-state index in [9.17, 15) is 13.5 Å². The predicted molar refractivity (Wildman–Crippen MR) is 86.4 cm³/mol. The number of aliphatic hydroxyl groups is 1. The minimum absolute atomic E-state index is 0.206. The van der Waals surface area contributed by atoms with Crippen LogP contribution < -0.4 is 5.32 Å². The largest absolute Gasteiger partial charge is 0.391 e. The summed E-state index contributed by atoms with van der Waals surface area (Å²) in [5.74, 6) is 1.30. The minimum Gasteiger partial charge on any atom is -0.391 e. The minimum atomic E-state index is -3.35. The van der Waals surface area contributed by atoms with Gasteiger partial charge in [-0.25, -0.2) is 8.42 Å². The van der Waals surface area contributed by atoms with Gasteiger partial charge in [0.25, 0.3) is 0 Å². The molecule has 0 aliphatic heterocycles. The van der Waals surface area contributed by atoms with Crippen LogP contribution in [0, 0.1) is 11.8 Å². The van der Waals surface area contributed by atoms with E-state index in [1.165, 1.54) is 37.0 Å². The molecule has 2 rings (SSSR count). The van der Waals surface area contributed by atoms with Crippen molar-refractivity contribution in [2.45, 2.75) is 42.9 Å². The van der Waals surface area contributed by atoms with Gasteiger partial charge in [0, 0.05) is 6.54 Å². The molecule has 0 spiro atoms. The molecule has 1 aliphatic rings. The fourth-order valence-electron chi connectivity index (χ4n) is 2.82. The summed E-state index contributed by atoms with van der Waals surface area (Å²) in [6.45, 7) is 3.52. The van der Waals surface area contributed by atoms with Crippen LogP contribution in [0.4, 0.5) is 0 Å². The van der Waals surface area contributed by atoms with Crippen LogP contribution in [-0.2, 0) is 9.84 Å². The molecule has 1 heterocycles. The molecule has 120 valence electrons. The summed E-state index contributed by atoms with van der Waals surface area (Å²) in [5.41, 5.74) is 0. The fourth-order valence-corrected chi connectivity index (χ4v) is 5.30. The van der Waals surface area contributed by atoms with Gasteiger partial charge in [-0.15, -0.1) is 11.3 Å². The Kier molecular flexibility index (Phi) is 6.22. The van der Waals surface area contributed by atoms with Crippen molar-refractivity contribution in [1.29, 1.82) is 0 Å². The van der Waals surface area contributed by atoms with E-state index >= 15 is 0 Å². The lowest BCUT2D eigenvalue weighted by Gasteiger charge is -2.26. The third-order valence-corrected chi connectivity index (χ3v) is 7.45. The summed E-state index contributed by atoms with van der Waals surface area (Å²) in [6, 6.07) is 3.30. The maximum Gasteiger partial charge on any atom is 0.190 e. The second-order valence-corrected chi connectivity index (χ2v) is 9.36. The Hall–Kier alpha value is -0.430. The average Bonchev–Trinajstić information content (AvgIpc) is 2.95. The van der Waals surface area contributed by atoms with E-state index in [0.29, 0.717) is 16.7 Å². The lowest BCUT2D eigenvalue weighted by Crippen LogP contribution is -2.35. The van der Waals surface area contributed by atoms with Crippen LogP contribution in [0.5, 0.6) is 0 Å². The van der Waals surface area contributed by atoms with Crippen LogP contribution in [-0.4, -0.2) is 38.5 Å². The van der Waals surface area contributed by atoms with Crippen LogP contribution in [0.15, 0.2) is 21.7 Å². The molecular formula is C15H25NO3S2. The van der Waals surface area contributed by atoms with Gasteiger partial charge in [0.2, 0.25) is 0 Å². The first-order chi connectivity index (χ1) is 9.97. The van der Waals surface area contributed by atoms with Gasteiger partial charge in [0.15, 0.2) is 9.84 Å². The first kappa shape index (κ1) is 16.9. The van der Waals surface area contributed by atoms with Gasteiger partial charge >= 0.3 is 0 Å². The normalized spacial score (nSPS) is 24.9. The fraction of sp³-hybridized carbons (Fsp3) is 0.733. The average molecular weight is 332 g/mol. The van der Waals surface area contributed by atoms with Crippen LogP contribution in [0.25, 0.3) is 0 Å². The van der Waals surface area contributed by atoms with E-state index in [0.717, 1.165) is 12.5 Å². The molecule has 0 bridgehead atoms. The monoisotopic (exact) mass is 331 g/mol. The maximum absolute atomic E-state index is 12.0. The molecule has 0 radical (unpaired) electrons. The molecule has 6 heteroatoms. The molecule has 0 aromatic carbocycles. The molecule has 0 saturated heterocycles. The molecule has 1 aliphatic carbocycles. The number of nitrogens with one attached hydrogen (secondary N) is 1. The Bertz CT molecular complexity index is 505. The number of hydrogen-bond donors (Lipinski definition) is 2. The van der Waals surface area contributed by atoms with Crippen molar-refractivity contribution in [3.8, 4) is 0 Å². The van der Waals surface area contributed by atoms with Crippen molar-refractivity contribution < 1.29 is 13.5 Å². The summed E-state index contributed by atoms with van der Waals surface area (Å²) < 4.78 is 24.4. The number of sulfone groups is 1. The van der Waals surface area contributed by atoms with Crippen LogP contribution >= 0.6 is 11.3 Å². The van der Waals surface area contributed by atoms with E-state index in [1.54, 1.807) is 17.5 Å². The van der Waals surface area contributed by atoms with E-state index in [1.807, 2.05) is 0 Å². The Balaban J connectivity index is 1.69. The van der Waals surface area contributed by atoms with Crippen LogP contribution in [0.3, 0.4) is 0 Å². The summed E-state index contributed by atoms with van der Waals surface area (Å²) in [6.07, 6.45) is 4.18. The van der Waals surface area contributed by atoms with Crippen molar-refractivity contribution >= 4 is 21.2 Å². The zero-order valence-electron chi connectivity index (χ0n) is 12.5. The highest BCUT2D eigenvalue weighted by Gasteiger charge is 2.21. The van der Waals surface area contributed by atoms with E-state index < -0.39 is 15.9 Å². The van der Waals surface area contributed by atoms with Gasteiger partial charge in [0.1, 0.15) is 4.21 Å².